The van der Waals surface area contributed by atoms with Gasteiger partial charge in [0, 0.05) is 55.5 Å². The molecule has 13 aromatic rings. The maximum absolute atomic E-state index is 2.70. The van der Waals surface area contributed by atoms with Crippen LogP contribution in [0.3, 0.4) is 0 Å². The van der Waals surface area contributed by atoms with Crippen molar-refractivity contribution in [2.24, 2.45) is 0 Å². The van der Waals surface area contributed by atoms with Gasteiger partial charge in [0.2, 0.25) is 0 Å². The van der Waals surface area contributed by atoms with Crippen molar-refractivity contribution in [2.45, 2.75) is 110 Å². The molecule has 2 aliphatic carbocycles. The first-order valence-corrected chi connectivity index (χ1v) is 31.5. The molecule has 0 saturated heterocycles. The number of anilines is 3. The number of hydrogen-bond donors (Lipinski definition) is 0. The van der Waals surface area contributed by atoms with Crippen LogP contribution in [-0.4, -0.2) is 15.8 Å². The lowest BCUT2D eigenvalue weighted by atomic mass is 9.33. The standard InChI is InChI=1S/C83H72BN3/c1-79(2,3)51-40-49(41-52(44-51)80(4,5)6)50-42-71-75-72(43-50)87-70-37-25-20-32-61(70)74-76-62(59-30-19-24-36-69(59)86(76)56-46-53(81(7,8)9)45-54(47-56)82(10,11)12)48-68(78(74)87)84(75)67-39-38-66-73(77(67)85(71)55-26-14-13-15-27-55)60-31-18-23-35-65(60)83(66)63-33-21-16-28-57(63)58-29-17-22-34-64(58)83/h13-48H,1-12H3. The van der Waals surface area contributed by atoms with E-state index in [0.29, 0.717) is 0 Å². The average Bonchev–Trinajstić information content (AvgIpc) is 1.56. The van der Waals surface area contributed by atoms with Crippen molar-refractivity contribution in [3.63, 3.8) is 0 Å². The summed E-state index contributed by atoms with van der Waals surface area (Å²) in [6.45, 7) is 28.2. The zero-order valence-electron chi connectivity index (χ0n) is 52.2. The normalized spacial score (nSPS) is 14.5. The Morgan fingerprint density at radius 1 is 0.345 bits per heavy atom. The van der Waals surface area contributed by atoms with Gasteiger partial charge < -0.3 is 14.0 Å². The smallest absolute Gasteiger partial charge is 0.252 e. The first kappa shape index (κ1) is 52.2. The maximum atomic E-state index is 2.70. The van der Waals surface area contributed by atoms with Gasteiger partial charge in [0.1, 0.15) is 0 Å². The molecule has 0 radical (unpaired) electrons. The van der Waals surface area contributed by atoms with E-state index in [1.54, 1.807) is 0 Å². The van der Waals surface area contributed by atoms with E-state index in [9.17, 15) is 0 Å². The van der Waals surface area contributed by atoms with E-state index in [2.05, 4.69) is 316 Å². The number of fused-ring (bicyclic) bond motifs is 22. The largest absolute Gasteiger partial charge is 0.311 e. The Morgan fingerprint density at radius 3 is 1.43 bits per heavy atom. The Morgan fingerprint density at radius 2 is 0.828 bits per heavy atom. The summed E-state index contributed by atoms with van der Waals surface area (Å²) in [5.41, 5.74) is 32.7. The zero-order chi connectivity index (χ0) is 59.6. The third-order valence-electron chi connectivity index (χ3n) is 20.4. The Hall–Kier alpha value is -9.12. The summed E-state index contributed by atoms with van der Waals surface area (Å²) in [5.74, 6) is 0. The van der Waals surface area contributed by atoms with Gasteiger partial charge in [-0.15, -0.1) is 0 Å². The van der Waals surface area contributed by atoms with E-state index in [0.717, 1.165) is 5.69 Å². The summed E-state index contributed by atoms with van der Waals surface area (Å²) < 4.78 is 5.34. The van der Waals surface area contributed by atoms with E-state index >= 15 is 0 Å². The molecule has 0 bridgehead atoms. The van der Waals surface area contributed by atoms with Gasteiger partial charge >= 0.3 is 0 Å². The molecule has 3 nitrogen and oxygen atoms in total. The number of rotatable bonds is 3. The molecule has 0 unspecified atom stereocenters. The summed E-state index contributed by atoms with van der Waals surface area (Å²) in [7, 11) is 0. The van der Waals surface area contributed by atoms with Crippen molar-refractivity contribution in [1.82, 2.24) is 9.13 Å². The molecule has 0 fully saturated rings. The second-order valence-corrected chi connectivity index (χ2v) is 29.7. The lowest BCUT2D eigenvalue weighted by Gasteiger charge is -2.42. The van der Waals surface area contributed by atoms with E-state index in [1.165, 1.54) is 161 Å². The van der Waals surface area contributed by atoms with Crippen molar-refractivity contribution in [3.05, 3.63) is 263 Å². The third kappa shape index (κ3) is 7.07. The van der Waals surface area contributed by atoms with Gasteiger partial charge in [-0.25, -0.2) is 0 Å². The summed E-state index contributed by atoms with van der Waals surface area (Å²) in [6.07, 6.45) is 0. The van der Waals surface area contributed by atoms with Crippen molar-refractivity contribution < 1.29 is 0 Å². The molecule has 4 heteroatoms. The molecule has 17 rings (SSSR count). The highest BCUT2D eigenvalue weighted by Gasteiger charge is 2.54. The van der Waals surface area contributed by atoms with E-state index in [-0.39, 0.29) is 28.4 Å². The fourth-order valence-electron chi connectivity index (χ4n) is 16.2. The van der Waals surface area contributed by atoms with Crippen LogP contribution in [0.4, 0.5) is 17.1 Å². The molecule has 11 aromatic carbocycles. The molecule has 4 heterocycles. The predicted molar refractivity (Wildman–Crippen MR) is 371 cm³/mol. The van der Waals surface area contributed by atoms with Crippen LogP contribution in [0.2, 0.25) is 0 Å². The summed E-state index contributed by atoms with van der Waals surface area (Å²) >= 11 is 0. The first-order valence-electron chi connectivity index (χ1n) is 31.5. The Balaban J connectivity index is 1.07. The highest BCUT2D eigenvalue weighted by Crippen LogP contribution is 2.65. The van der Waals surface area contributed by atoms with Crippen LogP contribution in [-0.2, 0) is 27.1 Å². The fraction of sp³-hybridized carbons (Fsp3) is 0.205. The van der Waals surface area contributed by atoms with E-state index in [1.807, 2.05) is 0 Å². The Labute approximate surface area is 512 Å². The quantitative estimate of drug-likeness (QED) is 0.161. The second-order valence-electron chi connectivity index (χ2n) is 29.7. The Bertz CT molecular complexity index is 5040. The molecular weight excluding hydrogens is 1050 g/mol. The molecule has 4 aliphatic rings. The monoisotopic (exact) mass is 1120 g/mol. The summed E-state index contributed by atoms with van der Waals surface area (Å²) in [6, 6.07) is 85.6. The van der Waals surface area contributed by atoms with Gasteiger partial charge in [-0.2, -0.15) is 0 Å². The molecule has 1 spiro atoms. The van der Waals surface area contributed by atoms with Crippen LogP contribution in [0.5, 0.6) is 0 Å². The fourth-order valence-corrected chi connectivity index (χ4v) is 16.2. The minimum absolute atomic E-state index is 0.0693. The number of nitrogens with zero attached hydrogens (tertiary/aromatic N) is 3. The third-order valence-corrected chi connectivity index (χ3v) is 20.4. The SMILES string of the molecule is CC(C)(C)c1cc(-c2cc3c4c(c2)-n2c5ccccc5c5c2c(cc2c6ccccc6n(-c6cc(C(C)(C)C)cc(C(C)(C)C)c6)c25)B4c2ccc4c(c2N3c2ccccc2)-c2ccccc2C42c3ccccc3-c3ccccc32)cc(C(C)(C)C)c1. The highest BCUT2D eigenvalue weighted by molar-refractivity contribution is 7.00. The van der Waals surface area contributed by atoms with E-state index in [4.69, 9.17) is 0 Å². The van der Waals surface area contributed by atoms with Crippen molar-refractivity contribution in [3.8, 4) is 44.8 Å². The highest BCUT2D eigenvalue weighted by atomic mass is 15.2. The predicted octanol–water partition coefficient (Wildman–Crippen LogP) is 19.7. The van der Waals surface area contributed by atoms with Crippen LogP contribution < -0.4 is 21.3 Å². The minimum Gasteiger partial charge on any atom is -0.311 e. The van der Waals surface area contributed by atoms with Gasteiger partial charge in [-0.3, -0.25) is 0 Å². The van der Waals surface area contributed by atoms with Crippen LogP contribution in [0.25, 0.3) is 88.4 Å². The van der Waals surface area contributed by atoms with Gasteiger partial charge in [0.25, 0.3) is 6.71 Å². The van der Waals surface area contributed by atoms with Gasteiger partial charge in [0.05, 0.1) is 27.5 Å². The first-order chi connectivity index (χ1) is 41.7. The molecule has 2 aliphatic heterocycles. The van der Waals surface area contributed by atoms with Crippen molar-refractivity contribution in [2.75, 3.05) is 4.90 Å². The number of hydrogen-bond acceptors (Lipinski definition) is 1. The van der Waals surface area contributed by atoms with Gasteiger partial charge in [-0.05, 0) is 159 Å². The summed E-state index contributed by atoms with van der Waals surface area (Å²) in [5, 5.41) is 5.10. The minimum atomic E-state index is -0.523. The Kier molecular flexibility index (Phi) is 10.5. The maximum Gasteiger partial charge on any atom is 0.252 e. The van der Waals surface area contributed by atoms with Crippen molar-refractivity contribution >= 4 is 83.8 Å². The molecule has 87 heavy (non-hydrogen) atoms. The number of para-hydroxylation sites is 3. The summed E-state index contributed by atoms with van der Waals surface area (Å²) in [4.78, 5) is 2.70. The zero-order valence-corrected chi connectivity index (χ0v) is 52.2. The molecule has 0 saturated carbocycles. The molecule has 2 aromatic heterocycles. The molecule has 0 amide bonds. The lowest BCUT2D eigenvalue weighted by Crippen LogP contribution is -2.60. The molecule has 0 atom stereocenters. The van der Waals surface area contributed by atoms with E-state index < -0.39 is 5.41 Å². The molecule has 0 N–H and O–H groups in total. The lowest BCUT2D eigenvalue weighted by molar-refractivity contribution is 0.567. The number of benzene rings is 11. The molecular formula is C83H72BN3. The van der Waals surface area contributed by atoms with Gasteiger partial charge in [-0.1, -0.05) is 253 Å². The van der Waals surface area contributed by atoms with Crippen LogP contribution in [0, 0.1) is 0 Å². The molecule has 422 valence electrons. The topological polar surface area (TPSA) is 13.1 Å². The number of aromatic nitrogens is 2. The average molecular weight is 1120 g/mol. The van der Waals surface area contributed by atoms with Crippen molar-refractivity contribution in [1.29, 1.82) is 0 Å². The van der Waals surface area contributed by atoms with Gasteiger partial charge in [0.15, 0.2) is 0 Å². The van der Waals surface area contributed by atoms with Crippen LogP contribution in [0.15, 0.2) is 218 Å². The van der Waals surface area contributed by atoms with Crippen LogP contribution in [0.1, 0.15) is 128 Å². The van der Waals surface area contributed by atoms with Crippen LogP contribution >= 0.6 is 0 Å². The second kappa shape index (κ2) is 17.5.